The molecular formula is C18H13ClN3O6-. The van der Waals surface area contributed by atoms with Crippen molar-refractivity contribution < 1.29 is 24.4 Å². The van der Waals surface area contributed by atoms with Crippen molar-refractivity contribution in [3.63, 3.8) is 0 Å². The van der Waals surface area contributed by atoms with E-state index < -0.39 is 22.6 Å². The molecule has 0 radical (unpaired) electrons. The SMILES string of the molecule is CCOc1cc([N+](=O)[O-])cc(/C=C2/NC(=O)N(c3cccc(Cl)c3)C2=O)c1[O-]. The fourth-order valence-electron chi connectivity index (χ4n) is 2.62. The number of nitrogens with one attached hydrogen (secondary N) is 1. The van der Waals surface area contributed by atoms with Crippen molar-refractivity contribution in [3.8, 4) is 11.5 Å². The monoisotopic (exact) mass is 402 g/mol. The van der Waals surface area contributed by atoms with Crippen molar-refractivity contribution in [3.05, 3.63) is 62.8 Å². The van der Waals surface area contributed by atoms with Crippen molar-refractivity contribution in [2.75, 3.05) is 11.5 Å². The average molecular weight is 403 g/mol. The summed E-state index contributed by atoms with van der Waals surface area (Å²) in [6.45, 7) is 1.75. The van der Waals surface area contributed by atoms with Crippen molar-refractivity contribution >= 4 is 41.0 Å². The lowest BCUT2D eigenvalue weighted by molar-refractivity contribution is -0.385. The van der Waals surface area contributed by atoms with E-state index >= 15 is 0 Å². The summed E-state index contributed by atoms with van der Waals surface area (Å²) in [5.41, 5.74) is -0.493. The van der Waals surface area contributed by atoms with Gasteiger partial charge in [0.2, 0.25) is 0 Å². The number of hydrogen-bond acceptors (Lipinski definition) is 6. The Morgan fingerprint density at radius 2 is 2.04 bits per heavy atom. The Hall–Kier alpha value is -3.59. The number of carbonyl (C=O) groups is 2. The zero-order chi connectivity index (χ0) is 20.4. The molecule has 2 aromatic rings. The number of nitro benzene ring substituents is 1. The van der Waals surface area contributed by atoms with E-state index in [4.69, 9.17) is 16.3 Å². The van der Waals surface area contributed by atoms with E-state index in [2.05, 4.69) is 5.32 Å². The van der Waals surface area contributed by atoms with E-state index in [0.717, 1.165) is 23.1 Å². The number of nitrogens with zero attached hydrogens (tertiary/aromatic N) is 2. The highest BCUT2D eigenvalue weighted by atomic mass is 35.5. The number of urea groups is 1. The molecule has 3 amide bonds. The normalized spacial score (nSPS) is 15.1. The maximum Gasteiger partial charge on any atom is 0.333 e. The standard InChI is InChI=1S/C18H14ClN3O6/c1-2-28-15-9-13(22(26)27)6-10(16(15)23)7-14-17(24)21(18(25)20-14)12-5-3-4-11(19)8-12/h3-9,23H,2H2,1H3,(H,20,25)/p-1/b14-7+. The van der Waals surface area contributed by atoms with Gasteiger partial charge < -0.3 is 15.2 Å². The molecule has 0 saturated carbocycles. The Morgan fingerprint density at radius 3 is 2.68 bits per heavy atom. The highest BCUT2D eigenvalue weighted by Gasteiger charge is 2.35. The van der Waals surface area contributed by atoms with Crippen LogP contribution in [0.5, 0.6) is 11.5 Å². The van der Waals surface area contributed by atoms with Crippen LogP contribution in [0.4, 0.5) is 16.2 Å². The number of rotatable bonds is 5. The van der Waals surface area contributed by atoms with Crippen LogP contribution in [0.25, 0.3) is 6.08 Å². The van der Waals surface area contributed by atoms with E-state index in [1.54, 1.807) is 19.1 Å². The summed E-state index contributed by atoms with van der Waals surface area (Å²) in [6.07, 6.45) is 1.09. The highest BCUT2D eigenvalue weighted by molar-refractivity contribution is 6.32. The predicted octanol–water partition coefficient (Wildman–Crippen LogP) is 2.82. The molecule has 1 heterocycles. The van der Waals surface area contributed by atoms with Crippen molar-refractivity contribution in [1.82, 2.24) is 5.32 Å². The van der Waals surface area contributed by atoms with Crippen LogP contribution in [0.2, 0.25) is 5.02 Å². The van der Waals surface area contributed by atoms with Gasteiger partial charge in [-0.3, -0.25) is 14.9 Å². The molecule has 1 aliphatic heterocycles. The van der Waals surface area contributed by atoms with Gasteiger partial charge in [0.1, 0.15) is 11.4 Å². The Kier molecular flexibility index (Phi) is 5.18. The third kappa shape index (κ3) is 3.60. The van der Waals surface area contributed by atoms with E-state index in [9.17, 15) is 24.8 Å². The molecule has 0 bridgehead atoms. The first-order valence-corrected chi connectivity index (χ1v) is 8.44. The fraction of sp³-hybridized carbons (Fsp3) is 0.111. The molecule has 144 valence electrons. The summed E-state index contributed by atoms with van der Waals surface area (Å²) in [7, 11) is 0. The van der Waals surface area contributed by atoms with E-state index in [0.29, 0.717) is 5.02 Å². The number of benzene rings is 2. The van der Waals surface area contributed by atoms with Crippen LogP contribution < -0.4 is 20.1 Å². The summed E-state index contributed by atoms with van der Waals surface area (Å²) in [6, 6.07) is 7.40. The summed E-state index contributed by atoms with van der Waals surface area (Å²) in [4.78, 5) is 36.1. The van der Waals surface area contributed by atoms with Crippen molar-refractivity contribution in [2.24, 2.45) is 0 Å². The van der Waals surface area contributed by atoms with Gasteiger partial charge >= 0.3 is 6.03 Å². The number of halogens is 1. The number of amides is 3. The van der Waals surface area contributed by atoms with Gasteiger partial charge in [-0.05, 0) is 36.8 Å². The summed E-state index contributed by atoms with van der Waals surface area (Å²) in [5, 5.41) is 26.3. The summed E-state index contributed by atoms with van der Waals surface area (Å²) >= 11 is 5.90. The van der Waals surface area contributed by atoms with Crippen LogP contribution in [0, 0.1) is 10.1 Å². The number of hydrogen-bond donors (Lipinski definition) is 1. The van der Waals surface area contributed by atoms with Crippen molar-refractivity contribution in [1.29, 1.82) is 0 Å². The molecule has 1 fully saturated rings. The Morgan fingerprint density at radius 1 is 1.29 bits per heavy atom. The molecule has 0 unspecified atom stereocenters. The van der Waals surface area contributed by atoms with Gasteiger partial charge in [-0.15, -0.1) is 0 Å². The summed E-state index contributed by atoms with van der Waals surface area (Å²) < 4.78 is 5.14. The molecule has 0 spiro atoms. The molecule has 2 aromatic carbocycles. The lowest BCUT2D eigenvalue weighted by Crippen LogP contribution is -2.30. The lowest BCUT2D eigenvalue weighted by atomic mass is 10.1. The van der Waals surface area contributed by atoms with Crippen molar-refractivity contribution in [2.45, 2.75) is 6.92 Å². The third-order valence-electron chi connectivity index (χ3n) is 3.82. The van der Waals surface area contributed by atoms with Gasteiger partial charge in [0.25, 0.3) is 11.6 Å². The zero-order valence-corrected chi connectivity index (χ0v) is 15.2. The number of non-ortho nitro benzene ring substituents is 1. The van der Waals surface area contributed by atoms with Gasteiger partial charge in [0.05, 0.1) is 23.3 Å². The van der Waals surface area contributed by atoms with Crippen LogP contribution in [0.15, 0.2) is 42.1 Å². The van der Waals surface area contributed by atoms with Crippen LogP contribution >= 0.6 is 11.6 Å². The fourth-order valence-corrected chi connectivity index (χ4v) is 2.81. The zero-order valence-electron chi connectivity index (χ0n) is 14.5. The van der Waals surface area contributed by atoms with E-state index in [-0.39, 0.29) is 35.0 Å². The highest BCUT2D eigenvalue weighted by Crippen LogP contribution is 2.34. The van der Waals surface area contributed by atoms with E-state index in [1.807, 2.05) is 0 Å². The van der Waals surface area contributed by atoms with Gasteiger partial charge in [-0.1, -0.05) is 23.4 Å². The quantitative estimate of drug-likeness (QED) is 0.355. The number of imide groups is 1. The summed E-state index contributed by atoms with van der Waals surface area (Å²) in [5.74, 6) is -1.58. The molecule has 28 heavy (non-hydrogen) atoms. The molecule has 3 rings (SSSR count). The topological polar surface area (TPSA) is 125 Å². The molecule has 1 aliphatic rings. The minimum absolute atomic E-state index is 0.130. The molecule has 0 aliphatic carbocycles. The molecule has 1 saturated heterocycles. The smallest absolute Gasteiger partial charge is 0.333 e. The van der Waals surface area contributed by atoms with E-state index in [1.165, 1.54) is 12.1 Å². The van der Waals surface area contributed by atoms with Crippen LogP contribution in [0.3, 0.4) is 0 Å². The number of ether oxygens (including phenoxy) is 1. The minimum atomic E-state index is -0.735. The van der Waals surface area contributed by atoms with Crippen LogP contribution in [-0.2, 0) is 4.79 Å². The van der Waals surface area contributed by atoms with Crippen LogP contribution in [0.1, 0.15) is 12.5 Å². The molecule has 10 heteroatoms. The second kappa shape index (κ2) is 7.57. The largest absolute Gasteiger partial charge is 0.870 e. The van der Waals surface area contributed by atoms with Gasteiger partial charge in [-0.25, -0.2) is 9.69 Å². The average Bonchev–Trinajstić information content (AvgIpc) is 2.91. The molecule has 9 nitrogen and oxygen atoms in total. The van der Waals surface area contributed by atoms with Crippen LogP contribution in [-0.4, -0.2) is 23.5 Å². The third-order valence-corrected chi connectivity index (χ3v) is 4.06. The molecule has 1 N–H and O–H groups in total. The Bertz CT molecular complexity index is 1020. The maximum absolute atomic E-state index is 12.6. The number of anilines is 1. The second-order valence-electron chi connectivity index (χ2n) is 5.66. The maximum atomic E-state index is 12.6. The van der Waals surface area contributed by atoms with Gasteiger partial charge in [-0.2, -0.15) is 0 Å². The van der Waals surface area contributed by atoms with Gasteiger partial charge in [0.15, 0.2) is 0 Å². The Labute approximate surface area is 163 Å². The first-order chi connectivity index (χ1) is 13.3. The second-order valence-corrected chi connectivity index (χ2v) is 6.10. The predicted molar refractivity (Wildman–Crippen MR) is 99.2 cm³/mol. The first-order valence-electron chi connectivity index (χ1n) is 8.06. The number of carbonyl (C=O) groups excluding carboxylic acids is 2. The number of nitro groups is 1. The lowest BCUT2D eigenvalue weighted by Gasteiger charge is -2.17. The molecular weight excluding hydrogens is 390 g/mol. The minimum Gasteiger partial charge on any atom is -0.870 e. The molecule has 0 aromatic heterocycles. The Balaban J connectivity index is 2.03. The first kappa shape index (κ1) is 19.2. The van der Waals surface area contributed by atoms with Gasteiger partial charge in [0, 0.05) is 11.1 Å². The molecule has 0 atom stereocenters.